The molecule has 12 atom stereocenters. The molecule has 402 valence electrons. The van der Waals surface area contributed by atoms with Crippen LogP contribution in [0.2, 0.25) is 0 Å². The molecule has 72 heavy (non-hydrogen) atoms. The molecule has 20 heteroatoms. The zero-order valence-corrected chi connectivity index (χ0v) is 42.4. The average Bonchev–Trinajstić information content (AvgIpc) is 3.88. The molecule has 1 aromatic carbocycles. The van der Waals surface area contributed by atoms with Crippen LogP contribution in [0.4, 0.5) is 0 Å². The Morgan fingerprint density at radius 2 is 1.32 bits per heavy atom. The third kappa shape index (κ3) is 18.0. The molecule has 4 rings (SSSR count). The quantitative estimate of drug-likeness (QED) is 0.0640. The fourth-order valence-electron chi connectivity index (χ4n) is 9.32. The number of carbonyl (C=O) groups is 7. The summed E-state index contributed by atoms with van der Waals surface area (Å²) >= 11 is 0. The number of aliphatic hydroxyl groups is 5. The van der Waals surface area contributed by atoms with Crippen LogP contribution >= 0.6 is 0 Å². The number of allylic oxidation sites excluding steroid dienone is 4. The van der Waals surface area contributed by atoms with Gasteiger partial charge in [0.15, 0.2) is 0 Å². The number of nitrogens with one attached hydrogen (secondary N) is 5. The lowest BCUT2D eigenvalue weighted by molar-refractivity contribution is -0.147. The number of phenolic OH excluding ortho intramolecular Hbond substituents is 1. The van der Waals surface area contributed by atoms with Crippen LogP contribution in [0.25, 0.3) is 0 Å². The van der Waals surface area contributed by atoms with E-state index in [9.17, 15) is 64.2 Å². The van der Waals surface area contributed by atoms with Crippen LogP contribution in [0.3, 0.4) is 0 Å². The zero-order chi connectivity index (χ0) is 52.9. The van der Waals surface area contributed by atoms with Crippen LogP contribution in [0.5, 0.6) is 5.75 Å². The van der Waals surface area contributed by atoms with Gasteiger partial charge in [-0.05, 0) is 82.9 Å². The first kappa shape index (κ1) is 59.2. The number of hydrogen-bond donors (Lipinski definition) is 11. The number of carbonyl (C=O) groups excluding carboxylic acids is 7. The lowest BCUT2D eigenvalue weighted by atomic mass is 9.99. The fourth-order valence-corrected chi connectivity index (χ4v) is 9.32. The van der Waals surface area contributed by atoms with Crippen LogP contribution < -0.4 is 26.6 Å². The fraction of sp³-hybridized carbons (Fsp3) is 0.673. The molecular weight excluding hydrogens is 931 g/mol. The van der Waals surface area contributed by atoms with E-state index >= 15 is 0 Å². The lowest BCUT2D eigenvalue weighted by Crippen LogP contribution is -2.64. The highest BCUT2D eigenvalue weighted by molar-refractivity contribution is 5.98. The number of aliphatic hydroxyl groups excluding tert-OH is 5. The van der Waals surface area contributed by atoms with Gasteiger partial charge in [-0.25, -0.2) is 0 Å². The Labute approximate surface area is 423 Å². The second-order valence-electron chi connectivity index (χ2n) is 19.7. The number of hydrogen-bond acceptors (Lipinski definition) is 13. The Morgan fingerprint density at radius 3 is 1.96 bits per heavy atom. The topological polar surface area (TPSA) is 307 Å². The number of aromatic hydroxyl groups is 1. The van der Waals surface area contributed by atoms with E-state index in [-0.39, 0.29) is 50.9 Å². The van der Waals surface area contributed by atoms with Gasteiger partial charge in [-0.1, -0.05) is 82.4 Å². The predicted octanol–water partition coefficient (Wildman–Crippen LogP) is 0.890. The Balaban J connectivity index is 1.55. The summed E-state index contributed by atoms with van der Waals surface area (Å²) in [5, 5.41) is 78.0. The summed E-state index contributed by atoms with van der Waals surface area (Å²) in [6, 6.07) is -3.98. The summed E-state index contributed by atoms with van der Waals surface area (Å²) in [7, 11) is 0. The Morgan fingerprint density at radius 1 is 0.736 bits per heavy atom. The number of unbranched alkanes of at least 4 members (excludes halogenated alkanes) is 8. The van der Waals surface area contributed by atoms with Crippen LogP contribution in [-0.4, -0.2) is 168 Å². The van der Waals surface area contributed by atoms with Crippen molar-refractivity contribution < 1.29 is 64.2 Å². The van der Waals surface area contributed by atoms with E-state index in [1.165, 1.54) is 57.4 Å². The van der Waals surface area contributed by atoms with Gasteiger partial charge in [0.05, 0.1) is 30.5 Å². The highest BCUT2D eigenvalue weighted by Crippen LogP contribution is 2.26. The first-order valence-electron chi connectivity index (χ1n) is 25.9. The number of phenols is 1. The number of nitrogens with zero attached hydrogens (tertiary/aromatic N) is 2. The maximum absolute atomic E-state index is 14.3. The molecule has 3 saturated heterocycles. The molecule has 0 bridgehead atoms. The third-order valence-electron chi connectivity index (χ3n) is 13.6. The van der Waals surface area contributed by atoms with Crippen molar-refractivity contribution in [1.29, 1.82) is 0 Å². The molecular formula is C52H81N7O13. The second kappa shape index (κ2) is 29.9. The summed E-state index contributed by atoms with van der Waals surface area (Å²) in [6.45, 7) is 5.58. The van der Waals surface area contributed by atoms with Gasteiger partial charge in [0.1, 0.15) is 42.0 Å². The zero-order valence-electron chi connectivity index (χ0n) is 42.4. The van der Waals surface area contributed by atoms with Gasteiger partial charge in [0.25, 0.3) is 0 Å². The molecule has 0 aromatic heterocycles. The van der Waals surface area contributed by atoms with Crippen LogP contribution in [0.15, 0.2) is 48.6 Å². The van der Waals surface area contributed by atoms with E-state index in [1.54, 1.807) is 6.92 Å². The van der Waals surface area contributed by atoms with E-state index in [1.807, 2.05) is 0 Å². The third-order valence-corrected chi connectivity index (χ3v) is 13.6. The van der Waals surface area contributed by atoms with E-state index in [0.29, 0.717) is 12.0 Å². The molecule has 0 radical (unpaired) electrons. The molecule has 0 spiro atoms. The molecule has 1 aromatic rings. The summed E-state index contributed by atoms with van der Waals surface area (Å²) in [6.07, 6.45) is 11.7. The normalized spacial score (nSPS) is 27.6. The molecule has 0 aliphatic carbocycles. The molecule has 7 amide bonds. The smallest absolute Gasteiger partial charge is 0.248 e. The van der Waals surface area contributed by atoms with E-state index in [2.05, 4.69) is 57.8 Å². The molecule has 3 heterocycles. The van der Waals surface area contributed by atoms with Crippen molar-refractivity contribution in [2.75, 3.05) is 19.6 Å². The average molecular weight is 1010 g/mol. The van der Waals surface area contributed by atoms with E-state index < -0.39 is 121 Å². The van der Waals surface area contributed by atoms with Gasteiger partial charge in [-0.2, -0.15) is 0 Å². The molecule has 3 aliphatic rings. The monoisotopic (exact) mass is 1010 g/mol. The largest absolute Gasteiger partial charge is 0.508 e. The maximum Gasteiger partial charge on any atom is 0.248 e. The van der Waals surface area contributed by atoms with Gasteiger partial charge in [-0.3, -0.25) is 33.6 Å². The van der Waals surface area contributed by atoms with Crippen molar-refractivity contribution in [2.45, 2.75) is 197 Å². The highest BCUT2D eigenvalue weighted by atomic mass is 16.3. The maximum atomic E-state index is 14.3. The Kier molecular flexibility index (Phi) is 24.6. The van der Waals surface area contributed by atoms with Crippen molar-refractivity contribution in [3.05, 3.63) is 54.1 Å². The highest BCUT2D eigenvalue weighted by Gasteiger charge is 2.49. The lowest BCUT2D eigenvalue weighted by Gasteiger charge is -2.33. The number of amides is 7. The first-order chi connectivity index (χ1) is 34.3. The summed E-state index contributed by atoms with van der Waals surface area (Å²) in [4.78, 5) is 100. The van der Waals surface area contributed by atoms with Crippen molar-refractivity contribution >= 4 is 41.4 Å². The molecule has 0 saturated carbocycles. The van der Waals surface area contributed by atoms with Gasteiger partial charge in [-0.15, -0.1) is 0 Å². The Hall–Kier alpha value is -5.41. The van der Waals surface area contributed by atoms with Gasteiger partial charge in [0.2, 0.25) is 41.4 Å². The molecule has 3 aliphatic heterocycles. The standard InChI is InChI=1S/C52H81N7O13/c1-5-6-7-8-9-10-11-12-13-14-15-16-17-18-19-22-41(65)54-38-21-20-27-53-50(70)45-46(66)32(2)30-59(45)52(72)43(34(4)61)56-49(69)44(40(64)28-35-23-25-36(62)26-24-35)57-48(68)39-29-37(63)31-58(39)51(71)42(33(3)60)55-47(38)67/h9-10,12-13,23-26,32-34,37-40,42-46,60-64,66H,5-8,11,14-22,27-31H2,1-4H3,(H,53,70)(H,54,65)(H,55,67)(H,56,69)(H,57,68)/t32-,33-,34-,37-,38+,39-,40+,42+,43+,44+,45-,46-/m0/s1. The minimum absolute atomic E-state index is 0.0650. The van der Waals surface area contributed by atoms with Crippen LogP contribution in [0.1, 0.15) is 130 Å². The van der Waals surface area contributed by atoms with Crippen molar-refractivity contribution in [2.24, 2.45) is 5.92 Å². The van der Waals surface area contributed by atoms with E-state index in [0.717, 1.165) is 54.7 Å². The van der Waals surface area contributed by atoms with Gasteiger partial charge in [0, 0.05) is 44.8 Å². The van der Waals surface area contributed by atoms with Crippen molar-refractivity contribution in [1.82, 2.24) is 36.4 Å². The van der Waals surface area contributed by atoms with Crippen LogP contribution in [0, 0.1) is 5.92 Å². The van der Waals surface area contributed by atoms with Crippen molar-refractivity contribution in [3.8, 4) is 5.75 Å². The minimum atomic E-state index is -1.88. The van der Waals surface area contributed by atoms with Gasteiger partial charge >= 0.3 is 0 Å². The summed E-state index contributed by atoms with van der Waals surface area (Å²) < 4.78 is 0. The predicted molar refractivity (Wildman–Crippen MR) is 267 cm³/mol. The molecule has 0 unspecified atom stereocenters. The SMILES string of the molecule is CCCCCC=CCC=CCCCCCCCC(=O)N[C@@H]1CCCNC(=O)[C@@H]2[C@@H](O)[C@@H](C)CN2C(=O)[C@@H]([C@H](C)O)NC(=O)[C@@H]([C@H](O)Cc2ccc(O)cc2)NC(=O)[C@@H]2C[C@H](O)CN2C(=O)[C@@H]([C@H](C)O)NC1=O. The second-order valence-corrected chi connectivity index (χ2v) is 19.7. The summed E-state index contributed by atoms with van der Waals surface area (Å²) in [5.41, 5.74) is 0.418. The molecule has 3 fully saturated rings. The van der Waals surface area contributed by atoms with Gasteiger partial charge < -0.3 is 67.0 Å². The van der Waals surface area contributed by atoms with E-state index in [4.69, 9.17) is 0 Å². The first-order valence-corrected chi connectivity index (χ1v) is 25.9. The number of benzene rings is 1. The molecule has 11 N–H and O–H groups in total. The summed E-state index contributed by atoms with van der Waals surface area (Å²) in [5.74, 6) is -6.87. The Bertz CT molecular complexity index is 2000. The number of fused-ring (bicyclic) bond motifs is 2. The number of rotatable bonds is 20. The molecule has 20 nitrogen and oxygen atoms in total. The minimum Gasteiger partial charge on any atom is -0.508 e. The van der Waals surface area contributed by atoms with Crippen LogP contribution in [-0.2, 0) is 40.0 Å². The van der Waals surface area contributed by atoms with Crippen molar-refractivity contribution in [3.63, 3.8) is 0 Å².